The first-order chi connectivity index (χ1) is 14.5. The lowest BCUT2D eigenvalue weighted by Gasteiger charge is -2.10. The summed E-state index contributed by atoms with van der Waals surface area (Å²) in [4.78, 5) is 4.20. The van der Waals surface area contributed by atoms with Crippen LogP contribution in [-0.4, -0.2) is 16.9 Å². The van der Waals surface area contributed by atoms with Crippen molar-refractivity contribution in [3.8, 4) is 11.8 Å². The van der Waals surface area contributed by atoms with Gasteiger partial charge in [-0.15, -0.1) is 5.11 Å². The standard InChI is InChI=1S/C23H21FN6/c1-16(2)27-23(25)19-11-14-22(26-15-19)29-30-28-21-6-4-3-5-18(21)10-7-17-8-12-20(24)13-9-17/h3-6,8-9,11-16H,1-2H3,(H2,25,27)(H,26,28,29). The number of nitrogens with one attached hydrogen (secondary N) is 3. The number of para-hydroxylation sites is 1. The number of hydrogen-bond donors (Lipinski definition) is 3. The highest BCUT2D eigenvalue weighted by molar-refractivity contribution is 5.96. The predicted molar refractivity (Wildman–Crippen MR) is 116 cm³/mol. The van der Waals surface area contributed by atoms with Crippen LogP contribution in [-0.2, 0) is 0 Å². The second-order valence-corrected chi connectivity index (χ2v) is 6.69. The molecular formula is C23H21FN6. The first-order valence-corrected chi connectivity index (χ1v) is 9.36. The summed E-state index contributed by atoms with van der Waals surface area (Å²) < 4.78 is 13.0. The highest BCUT2D eigenvalue weighted by atomic mass is 19.1. The minimum absolute atomic E-state index is 0.173. The zero-order valence-electron chi connectivity index (χ0n) is 16.6. The number of hydrogen-bond acceptors (Lipinski definition) is 4. The molecule has 1 heterocycles. The number of halogens is 1. The fourth-order valence-electron chi connectivity index (χ4n) is 2.46. The van der Waals surface area contributed by atoms with E-state index in [1.807, 2.05) is 38.1 Å². The molecule has 30 heavy (non-hydrogen) atoms. The van der Waals surface area contributed by atoms with Gasteiger partial charge in [-0.2, -0.15) is 0 Å². The molecule has 6 nitrogen and oxygen atoms in total. The van der Waals surface area contributed by atoms with E-state index in [0.717, 1.165) is 11.1 Å². The van der Waals surface area contributed by atoms with Gasteiger partial charge in [0.25, 0.3) is 0 Å². The molecule has 0 bridgehead atoms. The molecule has 7 heteroatoms. The molecule has 0 saturated heterocycles. The molecular weight excluding hydrogens is 379 g/mol. The second-order valence-electron chi connectivity index (χ2n) is 6.69. The number of pyridine rings is 1. The van der Waals surface area contributed by atoms with E-state index in [1.165, 1.54) is 12.1 Å². The summed E-state index contributed by atoms with van der Waals surface area (Å²) in [6.07, 6.45) is 1.58. The van der Waals surface area contributed by atoms with E-state index in [-0.39, 0.29) is 11.9 Å². The van der Waals surface area contributed by atoms with Crippen LogP contribution < -0.4 is 10.7 Å². The Morgan fingerprint density at radius 2 is 1.80 bits per heavy atom. The van der Waals surface area contributed by atoms with Crippen LogP contribution in [0.25, 0.3) is 0 Å². The van der Waals surface area contributed by atoms with Crippen LogP contribution in [0.5, 0.6) is 0 Å². The van der Waals surface area contributed by atoms with Crippen molar-refractivity contribution in [3.05, 3.63) is 89.4 Å². The Kier molecular flexibility index (Phi) is 6.85. The molecule has 0 aliphatic heterocycles. The van der Waals surface area contributed by atoms with Crippen molar-refractivity contribution in [2.45, 2.75) is 19.9 Å². The number of benzene rings is 2. The van der Waals surface area contributed by atoms with Gasteiger partial charge in [0.2, 0.25) is 0 Å². The van der Waals surface area contributed by atoms with E-state index in [2.05, 4.69) is 37.9 Å². The van der Waals surface area contributed by atoms with Gasteiger partial charge in [-0.05, 0) is 62.4 Å². The maximum absolute atomic E-state index is 13.0. The molecule has 0 amide bonds. The minimum atomic E-state index is -0.294. The van der Waals surface area contributed by atoms with Crippen molar-refractivity contribution in [3.63, 3.8) is 0 Å². The third-order valence-corrected chi connectivity index (χ3v) is 3.91. The molecule has 0 atom stereocenters. The van der Waals surface area contributed by atoms with Crippen molar-refractivity contribution in [2.75, 3.05) is 5.43 Å². The largest absolute Gasteiger partial charge is 0.368 e. The average Bonchev–Trinajstić information content (AvgIpc) is 2.74. The lowest BCUT2D eigenvalue weighted by molar-refractivity contribution is 0.627. The van der Waals surface area contributed by atoms with Gasteiger partial charge in [0.15, 0.2) is 5.82 Å². The van der Waals surface area contributed by atoms with Gasteiger partial charge < -0.3 is 5.32 Å². The summed E-state index contributed by atoms with van der Waals surface area (Å²) in [6, 6.07) is 17.1. The van der Waals surface area contributed by atoms with Crippen LogP contribution >= 0.6 is 0 Å². The fourth-order valence-corrected chi connectivity index (χ4v) is 2.46. The second kappa shape index (κ2) is 9.94. The normalized spacial score (nSPS) is 10.5. The van der Waals surface area contributed by atoms with Gasteiger partial charge >= 0.3 is 0 Å². The summed E-state index contributed by atoms with van der Waals surface area (Å²) in [5.74, 6) is 6.48. The van der Waals surface area contributed by atoms with Crippen LogP contribution in [0.1, 0.15) is 30.5 Å². The third-order valence-electron chi connectivity index (χ3n) is 3.91. The van der Waals surface area contributed by atoms with E-state index in [0.29, 0.717) is 22.9 Å². The van der Waals surface area contributed by atoms with E-state index in [9.17, 15) is 4.39 Å². The molecule has 150 valence electrons. The first kappa shape index (κ1) is 20.7. The molecule has 0 saturated carbocycles. The summed E-state index contributed by atoms with van der Waals surface area (Å²) >= 11 is 0. The lowest BCUT2D eigenvalue weighted by Crippen LogP contribution is -2.30. The van der Waals surface area contributed by atoms with Crippen molar-refractivity contribution in [1.29, 1.82) is 5.41 Å². The van der Waals surface area contributed by atoms with Crippen LogP contribution in [0, 0.1) is 23.1 Å². The predicted octanol–water partition coefficient (Wildman–Crippen LogP) is 5.05. The molecule has 3 aromatic rings. The van der Waals surface area contributed by atoms with E-state index in [4.69, 9.17) is 5.41 Å². The third kappa shape index (κ3) is 5.97. The Morgan fingerprint density at radius 1 is 1.03 bits per heavy atom. The van der Waals surface area contributed by atoms with Gasteiger partial charge in [0.05, 0.1) is 5.69 Å². The molecule has 0 unspecified atom stereocenters. The summed E-state index contributed by atoms with van der Waals surface area (Å²) in [7, 11) is 0. The molecule has 2 aromatic carbocycles. The molecule has 3 N–H and O–H groups in total. The molecule has 0 fully saturated rings. The monoisotopic (exact) mass is 400 g/mol. The Hall–Kier alpha value is -4.05. The number of amidine groups is 1. The Balaban J connectivity index is 1.67. The highest BCUT2D eigenvalue weighted by Crippen LogP contribution is 2.16. The van der Waals surface area contributed by atoms with E-state index >= 15 is 0 Å². The maximum Gasteiger partial charge on any atom is 0.176 e. The number of rotatable bonds is 5. The number of anilines is 1. The first-order valence-electron chi connectivity index (χ1n) is 9.36. The lowest BCUT2D eigenvalue weighted by atomic mass is 10.1. The summed E-state index contributed by atoms with van der Waals surface area (Å²) in [5.41, 5.74) is 5.69. The molecule has 0 aliphatic rings. The molecule has 0 radical (unpaired) electrons. The van der Waals surface area contributed by atoms with E-state index < -0.39 is 0 Å². The van der Waals surface area contributed by atoms with Gasteiger partial charge in [0.1, 0.15) is 11.7 Å². The average molecular weight is 400 g/mol. The van der Waals surface area contributed by atoms with Gasteiger partial charge in [0, 0.05) is 28.9 Å². The number of nitrogens with zero attached hydrogens (tertiary/aromatic N) is 3. The van der Waals surface area contributed by atoms with Crippen molar-refractivity contribution in [2.24, 2.45) is 10.3 Å². The highest BCUT2D eigenvalue weighted by Gasteiger charge is 2.03. The van der Waals surface area contributed by atoms with Gasteiger partial charge in [-0.25, -0.2) is 9.37 Å². The Morgan fingerprint density at radius 3 is 2.50 bits per heavy atom. The Labute approximate surface area is 174 Å². The number of aromatic nitrogens is 1. The molecule has 0 spiro atoms. The van der Waals surface area contributed by atoms with Gasteiger partial charge in [-0.1, -0.05) is 29.2 Å². The van der Waals surface area contributed by atoms with E-state index in [1.54, 1.807) is 30.5 Å². The topological polar surface area (TPSA) is 85.5 Å². The zero-order chi connectivity index (χ0) is 21.3. The SMILES string of the molecule is CC(C)NC(=N)c1ccc(/N=N/Nc2ccccc2C#Cc2ccc(F)cc2)nc1. The van der Waals surface area contributed by atoms with Crippen molar-refractivity contribution >= 4 is 17.3 Å². The van der Waals surface area contributed by atoms with Gasteiger partial charge in [-0.3, -0.25) is 10.8 Å². The van der Waals surface area contributed by atoms with Crippen LogP contribution in [0.15, 0.2) is 77.2 Å². The Bertz CT molecular complexity index is 1090. The molecule has 0 aliphatic carbocycles. The quantitative estimate of drug-likeness (QED) is 0.184. The molecule has 1 aromatic heterocycles. The van der Waals surface area contributed by atoms with Crippen molar-refractivity contribution in [1.82, 2.24) is 10.3 Å². The molecule has 3 rings (SSSR count). The smallest absolute Gasteiger partial charge is 0.176 e. The van der Waals surface area contributed by atoms with Crippen LogP contribution in [0.2, 0.25) is 0 Å². The van der Waals surface area contributed by atoms with Crippen LogP contribution in [0.3, 0.4) is 0 Å². The minimum Gasteiger partial charge on any atom is -0.368 e. The van der Waals surface area contributed by atoms with Crippen LogP contribution in [0.4, 0.5) is 15.9 Å². The zero-order valence-corrected chi connectivity index (χ0v) is 16.6. The maximum atomic E-state index is 13.0. The van der Waals surface area contributed by atoms with Crippen molar-refractivity contribution < 1.29 is 4.39 Å². The summed E-state index contributed by atoms with van der Waals surface area (Å²) in [5, 5.41) is 19.0. The fraction of sp³-hybridized carbons (Fsp3) is 0.130. The summed E-state index contributed by atoms with van der Waals surface area (Å²) in [6.45, 7) is 3.94.